The lowest BCUT2D eigenvalue weighted by Gasteiger charge is -2.21. The lowest BCUT2D eigenvalue weighted by Crippen LogP contribution is -2.41. The van der Waals surface area contributed by atoms with Gasteiger partial charge in [-0.1, -0.05) is 11.6 Å². The zero-order chi connectivity index (χ0) is 19.8. The Labute approximate surface area is 163 Å². The second kappa shape index (κ2) is 10.0. The molecule has 0 bridgehead atoms. The number of halogens is 1. The number of nitrogens with one attached hydrogen (secondary N) is 1. The fourth-order valence-electron chi connectivity index (χ4n) is 2.25. The van der Waals surface area contributed by atoms with E-state index in [1.165, 1.54) is 26.2 Å². The average Bonchev–Trinajstić information content (AvgIpc) is 2.70. The quantitative estimate of drug-likeness (QED) is 0.687. The summed E-state index contributed by atoms with van der Waals surface area (Å²) in [6.07, 6.45) is -0.507. The van der Waals surface area contributed by atoms with Crippen molar-refractivity contribution in [2.45, 2.75) is 6.29 Å². The molecular formula is C19H23ClN2O5. The van der Waals surface area contributed by atoms with Crippen molar-refractivity contribution in [2.75, 3.05) is 39.8 Å². The molecule has 0 radical (unpaired) electrons. The standard InChI is InChI=1S/C19H23ClN2O5/c1-22(19(23)21-12-18(25-3)26-4)14-7-10-16(17(11-14)24-2)27-15-8-5-13(20)6-9-15/h5-11,18H,12H2,1-4H3,(H,21,23). The number of urea groups is 1. The molecule has 2 aromatic rings. The van der Waals surface area contributed by atoms with Gasteiger partial charge >= 0.3 is 6.03 Å². The van der Waals surface area contributed by atoms with Gasteiger partial charge in [0.1, 0.15) is 5.75 Å². The molecule has 2 amide bonds. The van der Waals surface area contributed by atoms with E-state index in [2.05, 4.69) is 5.32 Å². The van der Waals surface area contributed by atoms with Gasteiger partial charge < -0.3 is 24.3 Å². The average molecular weight is 395 g/mol. The van der Waals surface area contributed by atoms with Crippen LogP contribution in [0.3, 0.4) is 0 Å². The number of ether oxygens (including phenoxy) is 4. The predicted octanol–water partition coefficient (Wildman–Crippen LogP) is 3.91. The number of hydrogen-bond acceptors (Lipinski definition) is 5. The molecule has 0 fully saturated rings. The zero-order valence-electron chi connectivity index (χ0n) is 15.7. The summed E-state index contributed by atoms with van der Waals surface area (Å²) < 4.78 is 21.3. The maximum absolute atomic E-state index is 12.3. The van der Waals surface area contributed by atoms with Crippen LogP contribution in [-0.4, -0.2) is 47.2 Å². The number of rotatable bonds is 8. The maximum Gasteiger partial charge on any atom is 0.321 e. The molecule has 0 heterocycles. The number of benzene rings is 2. The second-order valence-corrected chi connectivity index (χ2v) is 5.97. The molecule has 8 heteroatoms. The van der Waals surface area contributed by atoms with Gasteiger partial charge in [0.25, 0.3) is 0 Å². The van der Waals surface area contributed by atoms with Crippen LogP contribution in [0.15, 0.2) is 42.5 Å². The normalized spacial score (nSPS) is 10.6. The van der Waals surface area contributed by atoms with Crippen molar-refractivity contribution >= 4 is 23.3 Å². The maximum atomic E-state index is 12.3. The molecule has 27 heavy (non-hydrogen) atoms. The molecule has 0 aliphatic heterocycles. The Morgan fingerprint density at radius 1 is 1.07 bits per heavy atom. The van der Waals surface area contributed by atoms with Gasteiger partial charge in [-0.05, 0) is 36.4 Å². The fraction of sp³-hybridized carbons (Fsp3) is 0.316. The molecule has 0 unspecified atom stereocenters. The van der Waals surface area contributed by atoms with E-state index >= 15 is 0 Å². The van der Waals surface area contributed by atoms with Gasteiger partial charge in [-0.15, -0.1) is 0 Å². The van der Waals surface area contributed by atoms with Crippen molar-refractivity contribution in [3.8, 4) is 17.2 Å². The Balaban J connectivity index is 2.09. The molecule has 0 aromatic heterocycles. The molecule has 2 rings (SSSR count). The first kappa shape index (κ1) is 20.8. The van der Waals surface area contributed by atoms with E-state index < -0.39 is 6.29 Å². The van der Waals surface area contributed by atoms with Gasteiger partial charge in [-0.3, -0.25) is 4.90 Å². The first-order chi connectivity index (χ1) is 13.0. The first-order valence-electron chi connectivity index (χ1n) is 8.17. The minimum atomic E-state index is -0.507. The summed E-state index contributed by atoms with van der Waals surface area (Å²) in [6.45, 7) is 0.227. The van der Waals surface area contributed by atoms with E-state index in [1.54, 1.807) is 49.5 Å². The van der Waals surface area contributed by atoms with Crippen LogP contribution in [0.25, 0.3) is 0 Å². The Kier molecular flexibility index (Phi) is 7.72. The smallest absolute Gasteiger partial charge is 0.321 e. The van der Waals surface area contributed by atoms with Crippen molar-refractivity contribution in [3.05, 3.63) is 47.5 Å². The zero-order valence-corrected chi connectivity index (χ0v) is 16.4. The van der Waals surface area contributed by atoms with Crippen molar-refractivity contribution in [1.82, 2.24) is 5.32 Å². The molecule has 7 nitrogen and oxygen atoms in total. The highest BCUT2D eigenvalue weighted by molar-refractivity contribution is 6.30. The molecule has 0 aliphatic rings. The summed E-state index contributed by atoms with van der Waals surface area (Å²) in [6, 6.07) is 11.9. The van der Waals surface area contributed by atoms with Crippen LogP contribution in [0, 0.1) is 0 Å². The number of nitrogens with zero attached hydrogens (tertiary/aromatic N) is 1. The molecular weight excluding hydrogens is 372 g/mol. The van der Waals surface area contributed by atoms with Crippen LogP contribution in [0.4, 0.5) is 10.5 Å². The number of anilines is 1. The first-order valence-corrected chi connectivity index (χ1v) is 8.55. The highest BCUT2D eigenvalue weighted by atomic mass is 35.5. The number of carbonyl (C=O) groups is 1. The van der Waals surface area contributed by atoms with Gasteiger partial charge in [0.2, 0.25) is 0 Å². The van der Waals surface area contributed by atoms with Crippen LogP contribution >= 0.6 is 11.6 Å². The fourth-order valence-corrected chi connectivity index (χ4v) is 2.37. The minimum absolute atomic E-state index is 0.227. The summed E-state index contributed by atoms with van der Waals surface area (Å²) in [5, 5.41) is 3.36. The molecule has 1 N–H and O–H groups in total. The van der Waals surface area contributed by atoms with Gasteiger partial charge in [0.15, 0.2) is 17.8 Å². The Bertz CT molecular complexity index is 750. The van der Waals surface area contributed by atoms with Crippen molar-refractivity contribution in [3.63, 3.8) is 0 Å². The molecule has 2 aromatic carbocycles. The van der Waals surface area contributed by atoms with Gasteiger partial charge in [-0.25, -0.2) is 4.79 Å². The SMILES string of the molecule is COc1cc(N(C)C(=O)NCC(OC)OC)ccc1Oc1ccc(Cl)cc1. The Hall–Kier alpha value is -2.48. The van der Waals surface area contributed by atoms with Crippen LogP contribution in [0.5, 0.6) is 17.2 Å². The third kappa shape index (κ3) is 5.75. The predicted molar refractivity (Wildman–Crippen MR) is 104 cm³/mol. The third-order valence-electron chi connectivity index (χ3n) is 3.83. The van der Waals surface area contributed by atoms with E-state index in [1.807, 2.05) is 0 Å². The minimum Gasteiger partial charge on any atom is -0.493 e. The van der Waals surface area contributed by atoms with Crippen LogP contribution in [0.1, 0.15) is 0 Å². The summed E-state index contributed by atoms with van der Waals surface area (Å²) in [5.41, 5.74) is 0.638. The number of carbonyl (C=O) groups excluding carboxylic acids is 1. The Morgan fingerprint density at radius 3 is 2.33 bits per heavy atom. The number of amides is 2. The van der Waals surface area contributed by atoms with Gasteiger partial charge in [-0.2, -0.15) is 0 Å². The molecule has 0 aliphatic carbocycles. The molecule has 0 atom stereocenters. The second-order valence-electron chi connectivity index (χ2n) is 5.54. The summed E-state index contributed by atoms with van der Waals surface area (Å²) in [4.78, 5) is 13.8. The highest BCUT2D eigenvalue weighted by Gasteiger charge is 2.16. The van der Waals surface area contributed by atoms with E-state index in [4.69, 9.17) is 30.5 Å². The summed E-state index contributed by atoms with van der Waals surface area (Å²) >= 11 is 5.88. The number of methoxy groups -OCH3 is 3. The summed E-state index contributed by atoms with van der Waals surface area (Å²) in [5.74, 6) is 1.65. The summed E-state index contributed by atoms with van der Waals surface area (Å²) in [7, 11) is 6.21. The van der Waals surface area contributed by atoms with Gasteiger partial charge in [0.05, 0.1) is 13.7 Å². The van der Waals surface area contributed by atoms with Crippen molar-refractivity contribution in [2.24, 2.45) is 0 Å². The van der Waals surface area contributed by atoms with E-state index in [-0.39, 0.29) is 12.6 Å². The molecule has 146 valence electrons. The van der Waals surface area contributed by atoms with Crippen LogP contribution in [-0.2, 0) is 9.47 Å². The molecule has 0 saturated heterocycles. The van der Waals surface area contributed by atoms with Crippen molar-refractivity contribution < 1.29 is 23.7 Å². The molecule has 0 spiro atoms. The third-order valence-corrected chi connectivity index (χ3v) is 4.08. The highest BCUT2D eigenvalue weighted by Crippen LogP contribution is 2.35. The monoisotopic (exact) mass is 394 g/mol. The Morgan fingerprint density at radius 2 is 1.74 bits per heavy atom. The van der Waals surface area contributed by atoms with E-state index in [9.17, 15) is 4.79 Å². The largest absolute Gasteiger partial charge is 0.493 e. The van der Waals surface area contributed by atoms with E-state index in [0.717, 1.165) is 0 Å². The number of hydrogen-bond donors (Lipinski definition) is 1. The lowest BCUT2D eigenvalue weighted by atomic mass is 10.2. The van der Waals surface area contributed by atoms with Crippen LogP contribution < -0.4 is 19.7 Å². The van der Waals surface area contributed by atoms with Crippen LogP contribution in [0.2, 0.25) is 5.02 Å². The van der Waals surface area contributed by atoms with Crippen molar-refractivity contribution in [1.29, 1.82) is 0 Å². The topological polar surface area (TPSA) is 69.3 Å². The lowest BCUT2D eigenvalue weighted by molar-refractivity contribution is -0.0970. The van der Waals surface area contributed by atoms with Gasteiger partial charge in [0, 0.05) is 38.0 Å². The molecule has 0 saturated carbocycles. The van der Waals surface area contributed by atoms with E-state index in [0.29, 0.717) is 28.0 Å².